The first kappa shape index (κ1) is 13.3. The molecule has 0 radical (unpaired) electrons. The Kier molecular flexibility index (Phi) is 4.94. The highest BCUT2D eigenvalue weighted by molar-refractivity contribution is 5.97. The molecule has 1 aliphatic rings. The van der Waals surface area contributed by atoms with E-state index in [9.17, 15) is 4.79 Å². The van der Waals surface area contributed by atoms with Gasteiger partial charge in [-0.1, -0.05) is 56.5 Å². The highest BCUT2D eigenvalue weighted by Gasteiger charge is 2.18. The molecular weight excluding hydrogens is 222 g/mol. The number of nitrogens with one attached hydrogen (secondary N) is 1. The van der Waals surface area contributed by atoms with Crippen molar-refractivity contribution < 1.29 is 4.79 Å². The van der Waals surface area contributed by atoms with Crippen LogP contribution in [0.1, 0.15) is 49.4 Å². The van der Waals surface area contributed by atoms with E-state index >= 15 is 0 Å². The van der Waals surface area contributed by atoms with Crippen LogP contribution in [0, 0.1) is 5.92 Å². The Hall–Kier alpha value is -1.15. The minimum atomic E-state index is 0.0642. The number of benzene rings is 1. The Labute approximate surface area is 110 Å². The summed E-state index contributed by atoms with van der Waals surface area (Å²) in [6.07, 6.45) is 6.58. The van der Waals surface area contributed by atoms with Crippen molar-refractivity contribution in [1.82, 2.24) is 5.32 Å². The minimum Gasteiger partial charge on any atom is -0.313 e. The van der Waals surface area contributed by atoms with Crippen molar-refractivity contribution in [3.05, 3.63) is 35.9 Å². The average Bonchev–Trinajstić information content (AvgIpc) is 2.46. The Bertz CT molecular complexity index is 368. The fraction of sp³-hybridized carbons (Fsp3) is 0.562. The molecule has 2 heteroatoms. The van der Waals surface area contributed by atoms with Gasteiger partial charge in [0.1, 0.15) is 0 Å². The lowest BCUT2D eigenvalue weighted by atomic mass is 9.94. The van der Waals surface area contributed by atoms with Crippen LogP contribution >= 0.6 is 0 Å². The van der Waals surface area contributed by atoms with Crippen LogP contribution in [0.2, 0.25) is 0 Å². The van der Waals surface area contributed by atoms with E-state index in [4.69, 9.17) is 0 Å². The summed E-state index contributed by atoms with van der Waals surface area (Å²) in [6, 6.07) is 10.2. The van der Waals surface area contributed by atoms with E-state index in [2.05, 4.69) is 5.32 Å². The van der Waals surface area contributed by atoms with Gasteiger partial charge in [0, 0.05) is 24.1 Å². The molecular formula is C16H23NO. The summed E-state index contributed by atoms with van der Waals surface area (Å²) in [5.41, 5.74) is 0.829. The Morgan fingerprint density at radius 1 is 1.22 bits per heavy atom. The first-order chi connectivity index (χ1) is 8.77. The third kappa shape index (κ3) is 3.67. The minimum absolute atomic E-state index is 0.0642. The molecule has 0 bridgehead atoms. The van der Waals surface area contributed by atoms with Crippen LogP contribution in [-0.2, 0) is 0 Å². The van der Waals surface area contributed by atoms with Gasteiger partial charge in [-0.2, -0.15) is 0 Å². The van der Waals surface area contributed by atoms with Crippen LogP contribution in [-0.4, -0.2) is 18.4 Å². The maximum atomic E-state index is 12.2. The molecule has 1 saturated carbocycles. The van der Waals surface area contributed by atoms with Crippen LogP contribution in [0.15, 0.2) is 30.3 Å². The summed E-state index contributed by atoms with van der Waals surface area (Å²) < 4.78 is 0. The topological polar surface area (TPSA) is 29.1 Å². The van der Waals surface area contributed by atoms with Crippen molar-refractivity contribution in [2.45, 2.75) is 45.1 Å². The molecule has 1 aromatic carbocycles. The molecule has 2 nitrogen and oxygen atoms in total. The first-order valence-corrected chi connectivity index (χ1v) is 7.10. The highest BCUT2D eigenvalue weighted by atomic mass is 16.1. The summed E-state index contributed by atoms with van der Waals surface area (Å²) >= 11 is 0. The fourth-order valence-corrected chi connectivity index (χ4v) is 2.63. The number of hydrogen-bond acceptors (Lipinski definition) is 2. The molecule has 1 N–H and O–H groups in total. The average molecular weight is 245 g/mol. The van der Waals surface area contributed by atoms with Gasteiger partial charge in [0.25, 0.3) is 0 Å². The number of carbonyl (C=O) groups excluding carboxylic acids is 1. The molecule has 1 unspecified atom stereocenters. The summed E-state index contributed by atoms with van der Waals surface area (Å²) in [5, 5.41) is 3.55. The number of Topliss-reactive ketones (excluding diaryl/α,β-unsaturated/α-hetero) is 1. The van der Waals surface area contributed by atoms with Crippen molar-refractivity contribution in [3.63, 3.8) is 0 Å². The zero-order valence-electron chi connectivity index (χ0n) is 11.2. The molecule has 0 heterocycles. The predicted octanol–water partition coefficient (Wildman–Crippen LogP) is 3.43. The molecule has 0 aromatic heterocycles. The molecule has 1 aliphatic carbocycles. The zero-order valence-corrected chi connectivity index (χ0v) is 11.2. The molecule has 0 spiro atoms. The SMILES string of the molecule is CC(CNC1CCCCC1)C(=O)c1ccccc1. The summed E-state index contributed by atoms with van der Waals surface area (Å²) in [5.74, 6) is 0.313. The van der Waals surface area contributed by atoms with Gasteiger partial charge in [0.15, 0.2) is 5.78 Å². The Balaban J connectivity index is 1.80. The van der Waals surface area contributed by atoms with Crippen LogP contribution in [0.25, 0.3) is 0 Å². The van der Waals surface area contributed by atoms with Crippen LogP contribution in [0.5, 0.6) is 0 Å². The lowest BCUT2D eigenvalue weighted by Crippen LogP contribution is -2.36. The van der Waals surface area contributed by atoms with Gasteiger partial charge in [-0.15, -0.1) is 0 Å². The number of carbonyl (C=O) groups is 1. The number of hydrogen-bond donors (Lipinski definition) is 1. The molecule has 18 heavy (non-hydrogen) atoms. The smallest absolute Gasteiger partial charge is 0.166 e. The predicted molar refractivity (Wildman–Crippen MR) is 74.8 cm³/mol. The second-order valence-corrected chi connectivity index (χ2v) is 5.37. The van der Waals surface area contributed by atoms with Gasteiger partial charge in [0.2, 0.25) is 0 Å². The highest BCUT2D eigenvalue weighted by Crippen LogP contribution is 2.18. The van der Waals surface area contributed by atoms with Crippen LogP contribution in [0.3, 0.4) is 0 Å². The van der Waals surface area contributed by atoms with E-state index in [-0.39, 0.29) is 11.7 Å². The maximum Gasteiger partial charge on any atom is 0.166 e. The first-order valence-electron chi connectivity index (χ1n) is 7.10. The van der Waals surface area contributed by atoms with Gasteiger partial charge < -0.3 is 5.32 Å². The lowest BCUT2D eigenvalue weighted by Gasteiger charge is -2.24. The second-order valence-electron chi connectivity index (χ2n) is 5.37. The third-order valence-corrected chi connectivity index (χ3v) is 3.82. The third-order valence-electron chi connectivity index (χ3n) is 3.82. The molecule has 1 atom stereocenters. The molecule has 0 saturated heterocycles. The normalized spacial score (nSPS) is 18.5. The van der Waals surface area contributed by atoms with Crippen LogP contribution < -0.4 is 5.32 Å². The van der Waals surface area contributed by atoms with E-state index in [0.717, 1.165) is 12.1 Å². The van der Waals surface area contributed by atoms with Crippen LogP contribution in [0.4, 0.5) is 0 Å². The molecule has 2 rings (SSSR count). The van der Waals surface area contributed by atoms with E-state index < -0.39 is 0 Å². The van der Waals surface area contributed by atoms with Gasteiger partial charge in [-0.3, -0.25) is 4.79 Å². The molecule has 1 fully saturated rings. The summed E-state index contributed by atoms with van der Waals surface area (Å²) in [7, 11) is 0. The Morgan fingerprint density at radius 3 is 2.56 bits per heavy atom. The van der Waals surface area contributed by atoms with Gasteiger partial charge in [0.05, 0.1) is 0 Å². The fourth-order valence-electron chi connectivity index (χ4n) is 2.63. The monoisotopic (exact) mass is 245 g/mol. The van der Waals surface area contributed by atoms with Crippen molar-refractivity contribution in [1.29, 1.82) is 0 Å². The quantitative estimate of drug-likeness (QED) is 0.805. The zero-order chi connectivity index (χ0) is 12.8. The largest absolute Gasteiger partial charge is 0.313 e. The molecule has 0 amide bonds. The van der Waals surface area contributed by atoms with Gasteiger partial charge >= 0.3 is 0 Å². The van der Waals surface area contributed by atoms with Gasteiger partial charge in [-0.05, 0) is 12.8 Å². The van der Waals surface area contributed by atoms with Crippen molar-refractivity contribution >= 4 is 5.78 Å². The van der Waals surface area contributed by atoms with E-state index in [1.54, 1.807) is 0 Å². The van der Waals surface area contributed by atoms with E-state index in [1.807, 2.05) is 37.3 Å². The molecule has 0 aliphatic heterocycles. The van der Waals surface area contributed by atoms with Crippen molar-refractivity contribution in [3.8, 4) is 0 Å². The van der Waals surface area contributed by atoms with E-state index in [1.165, 1.54) is 32.1 Å². The van der Waals surface area contributed by atoms with Gasteiger partial charge in [-0.25, -0.2) is 0 Å². The standard InChI is InChI=1S/C16H23NO/c1-13(12-17-15-10-6-3-7-11-15)16(18)14-8-4-2-5-9-14/h2,4-5,8-9,13,15,17H,3,6-7,10-12H2,1H3. The maximum absolute atomic E-state index is 12.2. The molecule has 1 aromatic rings. The van der Waals surface area contributed by atoms with Crippen molar-refractivity contribution in [2.24, 2.45) is 5.92 Å². The lowest BCUT2D eigenvalue weighted by molar-refractivity contribution is 0.0926. The Morgan fingerprint density at radius 2 is 1.89 bits per heavy atom. The number of rotatable bonds is 5. The summed E-state index contributed by atoms with van der Waals surface area (Å²) in [6.45, 7) is 2.82. The van der Waals surface area contributed by atoms with Crippen molar-refractivity contribution in [2.75, 3.05) is 6.54 Å². The second kappa shape index (κ2) is 6.69. The summed E-state index contributed by atoms with van der Waals surface area (Å²) in [4.78, 5) is 12.2. The number of ketones is 1. The van der Waals surface area contributed by atoms with E-state index in [0.29, 0.717) is 6.04 Å². The molecule has 98 valence electrons.